The largest absolute Gasteiger partial charge is 0.489 e. The number of likely N-dealkylation sites (tertiary alicyclic amines) is 1. The molecule has 2 N–H and O–H groups in total. The predicted octanol–water partition coefficient (Wildman–Crippen LogP) is 3.23. The van der Waals surface area contributed by atoms with Gasteiger partial charge in [-0.05, 0) is 57.1 Å². The Hall–Kier alpha value is -2.32. The summed E-state index contributed by atoms with van der Waals surface area (Å²) in [7, 11) is 0. The Morgan fingerprint density at radius 1 is 1.24 bits per heavy atom. The van der Waals surface area contributed by atoms with Crippen molar-refractivity contribution in [1.82, 2.24) is 9.88 Å². The second-order valence-corrected chi connectivity index (χ2v) is 7.95. The van der Waals surface area contributed by atoms with E-state index in [0.29, 0.717) is 6.54 Å². The van der Waals surface area contributed by atoms with Gasteiger partial charge in [0.1, 0.15) is 6.61 Å². The molecule has 160 valence electrons. The molecule has 1 aliphatic carbocycles. The summed E-state index contributed by atoms with van der Waals surface area (Å²) in [6, 6.07) is 1.50. The normalized spacial score (nSPS) is 25.1. The number of carbonyl (C=O) groups excluding carboxylic acids is 2. The number of ether oxygens (including phenoxy) is 1. The summed E-state index contributed by atoms with van der Waals surface area (Å²) in [5.41, 5.74) is 6.19. The first kappa shape index (κ1) is 21.4. The molecule has 6 nitrogen and oxygen atoms in total. The van der Waals surface area contributed by atoms with Crippen molar-refractivity contribution < 1.29 is 27.5 Å². The zero-order valence-electron chi connectivity index (χ0n) is 16.4. The van der Waals surface area contributed by atoms with E-state index in [1.165, 1.54) is 6.20 Å². The first-order valence-corrected chi connectivity index (χ1v) is 9.93. The lowest BCUT2D eigenvalue weighted by Gasteiger charge is -2.33. The molecule has 0 aromatic carbocycles. The van der Waals surface area contributed by atoms with Crippen molar-refractivity contribution in [2.24, 2.45) is 17.6 Å². The Kier molecular flexibility index (Phi) is 6.33. The molecule has 0 bridgehead atoms. The molecule has 2 heterocycles. The summed E-state index contributed by atoms with van der Waals surface area (Å²) in [6.45, 7) is 2.57. The number of alkyl halides is 3. The molecule has 2 amide bonds. The minimum absolute atomic E-state index is 0.00580. The molecule has 1 atom stereocenters. The van der Waals surface area contributed by atoms with Gasteiger partial charge in [-0.1, -0.05) is 0 Å². The molecule has 0 spiro atoms. The van der Waals surface area contributed by atoms with Gasteiger partial charge in [0.05, 0.1) is 12.0 Å². The lowest BCUT2D eigenvalue weighted by atomic mass is 9.81. The highest BCUT2D eigenvalue weighted by Crippen LogP contribution is 2.40. The number of carbonyl (C=O) groups is 2. The first-order chi connectivity index (χ1) is 13.7. The van der Waals surface area contributed by atoms with Crippen LogP contribution >= 0.6 is 0 Å². The monoisotopic (exact) mass is 413 g/mol. The summed E-state index contributed by atoms with van der Waals surface area (Å²) in [6.07, 6.45) is -0.562. The summed E-state index contributed by atoms with van der Waals surface area (Å²) in [5, 5.41) is 0. The summed E-state index contributed by atoms with van der Waals surface area (Å²) >= 11 is 0. The van der Waals surface area contributed by atoms with Crippen molar-refractivity contribution >= 4 is 11.8 Å². The molecule has 3 rings (SSSR count). The lowest BCUT2D eigenvalue weighted by Crippen LogP contribution is -2.44. The van der Waals surface area contributed by atoms with Gasteiger partial charge in [-0.15, -0.1) is 0 Å². The highest BCUT2D eigenvalue weighted by atomic mass is 19.4. The number of nitrogens with two attached hydrogens (primary N) is 1. The molecule has 29 heavy (non-hydrogen) atoms. The van der Waals surface area contributed by atoms with Crippen LogP contribution in [0.1, 0.15) is 54.6 Å². The molecule has 2 aliphatic rings. The van der Waals surface area contributed by atoms with Crippen LogP contribution < -0.4 is 10.5 Å². The Morgan fingerprint density at radius 3 is 2.55 bits per heavy atom. The maximum atomic E-state index is 12.9. The van der Waals surface area contributed by atoms with Crippen molar-refractivity contribution in [2.75, 3.05) is 13.2 Å². The highest BCUT2D eigenvalue weighted by molar-refractivity contribution is 5.93. The van der Waals surface area contributed by atoms with Crippen LogP contribution in [0, 0.1) is 18.8 Å². The van der Waals surface area contributed by atoms with E-state index >= 15 is 0 Å². The van der Waals surface area contributed by atoms with E-state index in [2.05, 4.69) is 4.98 Å². The number of amides is 2. The van der Waals surface area contributed by atoms with Crippen LogP contribution in [0.3, 0.4) is 0 Å². The Morgan fingerprint density at radius 2 is 1.93 bits per heavy atom. The fourth-order valence-electron chi connectivity index (χ4n) is 4.22. The van der Waals surface area contributed by atoms with Gasteiger partial charge in [-0.3, -0.25) is 9.59 Å². The molecule has 1 saturated heterocycles. The van der Waals surface area contributed by atoms with Gasteiger partial charge >= 0.3 is 6.18 Å². The molecular formula is C20H26F3N3O3. The van der Waals surface area contributed by atoms with E-state index in [1.807, 2.05) is 6.92 Å². The molecule has 1 saturated carbocycles. The van der Waals surface area contributed by atoms with Gasteiger partial charge in [-0.2, -0.15) is 13.2 Å². The summed E-state index contributed by atoms with van der Waals surface area (Å²) in [4.78, 5) is 30.2. The zero-order chi connectivity index (χ0) is 21.2. The third-order valence-corrected chi connectivity index (χ3v) is 5.85. The SMILES string of the molecule is Cc1cnc(C(N)=O)c(OC[C@H]2CCCN2C(=O)C2CCC(C(F)(F)F)CC2)c1. The van der Waals surface area contributed by atoms with Crippen LogP contribution in [0.5, 0.6) is 5.75 Å². The van der Waals surface area contributed by atoms with Crippen LogP contribution in [0.15, 0.2) is 12.3 Å². The van der Waals surface area contributed by atoms with Crippen molar-refractivity contribution in [3.8, 4) is 5.75 Å². The van der Waals surface area contributed by atoms with E-state index in [9.17, 15) is 22.8 Å². The molecule has 1 aromatic rings. The second-order valence-electron chi connectivity index (χ2n) is 7.95. The van der Waals surface area contributed by atoms with Crippen LogP contribution in [0.2, 0.25) is 0 Å². The quantitative estimate of drug-likeness (QED) is 0.803. The van der Waals surface area contributed by atoms with E-state index in [1.54, 1.807) is 11.0 Å². The lowest BCUT2D eigenvalue weighted by molar-refractivity contribution is -0.185. The molecule has 0 radical (unpaired) electrons. The number of halogens is 3. The van der Waals surface area contributed by atoms with Gasteiger partial charge in [-0.25, -0.2) is 4.98 Å². The summed E-state index contributed by atoms with van der Waals surface area (Å²) in [5.74, 6) is -2.17. The maximum absolute atomic E-state index is 12.9. The first-order valence-electron chi connectivity index (χ1n) is 9.93. The average Bonchev–Trinajstić information content (AvgIpc) is 3.13. The number of pyridine rings is 1. The standard InChI is InChI=1S/C20H26F3N3O3/c1-12-9-16(17(18(24)27)25-10-12)29-11-15-3-2-8-26(15)19(28)13-4-6-14(7-5-13)20(21,22)23/h9-10,13-15H,2-8,11H2,1H3,(H2,24,27)/t13?,14?,15-/m1/s1. The Labute approximate surface area is 167 Å². The molecule has 9 heteroatoms. The van der Waals surface area contributed by atoms with Gasteiger partial charge in [0.2, 0.25) is 5.91 Å². The fourth-order valence-corrected chi connectivity index (χ4v) is 4.22. The second kappa shape index (κ2) is 8.59. The minimum Gasteiger partial charge on any atom is -0.489 e. The average molecular weight is 413 g/mol. The molecule has 1 aromatic heterocycles. The molecular weight excluding hydrogens is 387 g/mol. The van der Waals surface area contributed by atoms with Crippen molar-refractivity contribution in [3.05, 3.63) is 23.5 Å². The number of nitrogens with zero attached hydrogens (tertiary/aromatic N) is 2. The van der Waals surface area contributed by atoms with Gasteiger partial charge in [0.25, 0.3) is 5.91 Å². The van der Waals surface area contributed by atoms with Gasteiger partial charge in [0, 0.05) is 18.7 Å². The zero-order valence-corrected chi connectivity index (χ0v) is 16.4. The number of rotatable bonds is 5. The number of aryl methyl sites for hydroxylation is 1. The van der Waals surface area contributed by atoms with Crippen molar-refractivity contribution in [2.45, 2.75) is 57.7 Å². The van der Waals surface area contributed by atoms with Crippen molar-refractivity contribution in [1.29, 1.82) is 0 Å². The van der Waals surface area contributed by atoms with Gasteiger partial charge in [0.15, 0.2) is 11.4 Å². The third kappa shape index (κ3) is 5.00. The number of aromatic nitrogens is 1. The number of hydrogen-bond acceptors (Lipinski definition) is 4. The molecule has 1 aliphatic heterocycles. The molecule has 0 unspecified atom stereocenters. The number of hydrogen-bond donors (Lipinski definition) is 1. The van der Waals surface area contributed by atoms with Crippen LogP contribution in [0.25, 0.3) is 0 Å². The third-order valence-electron chi connectivity index (χ3n) is 5.85. The van der Waals surface area contributed by atoms with E-state index < -0.39 is 18.0 Å². The van der Waals surface area contributed by atoms with Gasteiger partial charge < -0.3 is 15.4 Å². The Balaban J connectivity index is 1.60. The van der Waals surface area contributed by atoms with E-state index in [-0.39, 0.29) is 61.6 Å². The van der Waals surface area contributed by atoms with E-state index in [0.717, 1.165) is 18.4 Å². The van der Waals surface area contributed by atoms with Crippen LogP contribution in [-0.4, -0.2) is 47.1 Å². The minimum atomic E-state index is -4.18. The van der Waals surface area contributed by atoms with Crippen molar-refractivity contribution in [3.63, 3.8) is 0 Å². The number of primary amides is 1. The predicted molar refractivity (Wildman–Crippen MR) is 99.2 cm³/mol. The Bertz CT molecular complexity index is 761. The highest BCUT2D eigenvalue weighted by Gasteiger charge is 2.44. The fraction of sp³-hybridized carbons (Fsp3) is 0.650. The van der Waals surface area contributed by atoms with Crippen LogP contribution in [-0.2, 0) is 4.79 Å². The van der Waals surface area contributed by atoms with Crippen LogP contribution in [0.4, 0.5) is 13.2 Å². The molecule has 2 fully saturated rings. The topological polar surface area (TPSA) is 85.5 Å². The van der Waals surface area contributed by atoms with E-state index in [4.69, 9.17) is 10.5 Å². The smallest absolute Gasteiger partial charge is 0.391 e. The maximum Gasteiger partial charge on any atom is 0.391 e. The summed E-state index contributed by atoms with van der Waals surface area (Å²) < 4.78 is 44.4.